The molecule has 1 unspecified atom stereocenters. The van der Waals surface area contributed by atoms with Crippen LogP contribution >= 0.6 is 0 Å². The summed E-state index contributed by atoms with van der Waals surface area (Å²) in [7, 11) is 0. The number of piperidine rings is 1. The smallest absolute Gasteiger partial charge is 0.223 e. The number of amides is 1. The Bertz CT molecular complexity index is 567. The SMILES string of the molecule is O=C(CC1CCCc2ccccc21)N1CCC2(CCNC2)CC1. The van der Waals surface area contributed by atoms with Gasteiger partial charge in [0.15, 0.2) is 0 Å². The number of likely N-dealkylation sites (tertiary alicyclic amines) is 1. The maximum Gasteiger partial charge on any atom is 0.223 e. The number of rotatable bonds is 2. The Morgan fingerprint density at radius 1 is 1.22 bits per heavy atom. The molecule has 1 spiro atoms. The molecular weight excluding hydrogens is 284 g/mol. The standard InChI is InChI=1S/C20H28N2O/c23-19(22-12-9-20(10-13-22)8-11-21-15-20)14-17-6-3-5-16-4-1-2-7-18(16)17/h1-2,4,7,17,21H,3,5-6,8-15H2. The first-order valence-electron chi connectivity index (χ1n) is 9.32. The van der Waals surface area contributed by atoms with E-state index in [1.54, 1.807) is 0 Å². The van der Waals surface area contributed by atoms with Crippen LogP contribution in [0.5, 0.6) is 0 Å². The van der Waals surface area contributed by atoms with E-state index < -0.39 is 0 Å². The van der Waals surface area contributed by atoms with Crippen LogP contribution in [0.4, 0.5) is 0 Å². The highest BCUT2D eigenvalue weighted by Gasteiger charge is 2.38. The summed E-state index contributed by atoms with van der Waals surface area (Å²) in [6.45, 7) is 4.25. The molecule has 0 radical (unpaired) electrons. The van der Waals surface area contributed by atoms with Crippen LogP contribution in [-0.2, 0) is 11.2 Å². The minimum absolute atomic E-state index is 0.382. The summed E-state index contributed by atoms with van der Waals surface area (Å²) in [5.74, 6) is 0.823. The molecule has 0 aromatic heterocycles. The van der Waals surface area contributed by atoms with Crippen molar-refractivity contribution in [2.24, 2.45) is 5.41 Å². The lowest BCUT2D eigenvalue weighted by atomic mass is 9.77. The van der Waals surface area contributed by atoms with E-state index in [0.717, 1.165) is 26.2 Å². The van der Waals surface area contributed by atoms with Crippen molar-refractivity contribution in [1.29, 1.82) is 0 Å². The van der Waals surface area contributed by atoms with Crippen molar-refractivity contribution in [3.05, 3.63) is 35.4 Å². The van der Waals surface area contributed by atoms with Crippen LogP contribution in [0.2, 0.25) is 0 Å². The summed E-state index contributed by atoms with van der Waals surface area (Å²) in [5, 5.41) is 3.50. The second kappa shape index (κ2) is 6.27. The molecule has 124 valence electrons. The molecule has 1 aromatic rings. The zero-order chi connectivity index (χ0) is 15.7. The van der Waals surface area contributed by atoms with Crippen molar-refractivity contribution >= 4 is 5.91 Å². The van der Waals surface area contributed by atoms with Crippen LogP contribution in [0.3, 0.4) is 0 Å². The monoisotopic (exact) mass is 312 g/mol. The molecule has 4 rings (SSSR count). The number of nitrogens with one attached hydrogen (secondary N) is 1. The molecule has 1 atom stereocenters. The minimum Gasteiger partial charge on any atom is -0.343 e. The third-order valence-corrected chi connectivity index (χ3v) is 6.42. The topological polar surface area (TPSA) is 32.3 Å². The van der Waals surface area contributed by atoms with E-state index in [2.05, 4.69) is 34.5 Å². The second-order valence-corrected chi connectivity index (χ2v) is 7.80. The van der Waals surface area contributed by atoms with E-state index in [-0.39, 0.29) is 0 Å². The minimum atomic E-state index is 0.382. The Morgan fingerprint density at radius 3 is 2.83 bits per heavy atom. The first-order valence-corrected chi connectivity index (χ1v) is 9.32. The highest BCUT2D eigenvalue weighted by atomic mass is 16.2. The molecule has 1 aromatic carbocycles. The lowest BCUT2D eigenvalue weighted by Gasteiger charge is -2.39. The van der Waals surface area contributed by atoms with Gasteiger partial charge in [-0.05, 0) is 67.5 Å². The van der Waals surface area contributed by atoms with Gasteiger partial charge in [-0.15, -0.1) is 0 Å². The average Bonchev–Trinajstić information content (AvgIpc) is 3.04. The second-order valence-electron chi connectivity index (χ2n) is 7.80. The van der Waals surface area contributed by atoms with Gasteiger partial charge in [-0.3, -0.25) is 4.79 Å². The van der Waals surface area contributed by atoms with Crippen LogP contribution in [0.25, 0.3) is 0 Å². The van der Waals surface area contributed by atoms with Gasteiger partial charge in [0.1, 0.15) is 0 Å². The fourth-order valence-corrected chi connectivity index (χ4v) is 4.86. The van der Waals surface area contributed by atoms with Crippen molar-refractivity contribution in [3.8, 4) is 0 Å². The quantitative estimate of drug-likeness (QED) is 0.910. The molecule has 0 bridgehead atoms. The van der Waals surface area contributed by atoms with E-state index in [0.29, 0.717) is 23.7 Å². The van der Waals surface area contributed by atoms with Gasteiger partial charge < -0.3 is 10.2 Å². The highest BCUT2D eigenvalue weighted by Crippen LogP contribution is 2.38. The van der Waals surface area contributed by atoms with Gasteiger partial charge in [0.05, 0.1) is 0 Å². The predicted molar refractivity (Wildman–Crippen MR) is 92.5 cm³/mol. The Labute approximate surface area is 139 Å². The molecule has 3 nitrogen and oxygen atoms in total. The normalized spacial score (nSPS) is 26.3. The first-order chi connectivity index (χ1) is 11.3. The Kier molecular flexibility index (Phi) is 4.14. The van der Waals surface area contributed by atoms with Crippen molar-refractivity contribution in [2.75, 3.05) is 26.2 Å². The maximum atomic E-state index is 12.8. The molecule has 1 aliphatic carbocycles. The zero-order valence-corrected chi connectivity index (χ0v) is 14.0. The molecule has 1 amide bonds. The van der Waals surface area contributed by atoms with Gasteiger partial charge in [0, 0.05) is 26.1 Å². The first kappa shape index (κ1) is 15.2. The van der Waals surface area contributed by atoms with Crippen LogP contribution in [0, 0.1) is 5.41 Å². The number of aryl methyl sites for hydroxylation is 1. The van der Waals surface area contributed by atoms with E-state index in [1.165, 1.54) is 49.7 Å². The number of carbonyl (C=O) groups is 1. The largest absolute Gasteiger partial charge is 0.343 e. The lowest BCUT2D eigenvalue weighted by molar-refractivity contribution is -0.133. The van der Waals surface area contributed by atoms with E-state index in [4.69, 9.17) is 0 Å². The highest BCUT2D eigenvalue weighted by molar-refractivity contribution is 5.77. The number of carbonyl (C=O) groups excluding carboxylic acids is 1. The van der Waals surface area contributed by atoms with Crippen LogP contribution in [0.1, 0.15) is 55.6 Å². The summed E-state index contributed by atoms with van der Waals surface area (Å²) in [6, 6.07) is 8.73. The summed E-state index contributed by atoms with van der Waals surface area (Å²) in [6.07, 6.45) is 7.96. The van der Waals surface area contributed by atoms with Gasteiger partial charge in [-0.2, -0.15) is 0 Å². The van der Waals surface area contributed by atoms with Gasteiger partial charge in [0.2, 0.25) is 5.91 Å². The molecule has 3 heteroatoms. The van der Waals surface area contributed by atoms with Crippen molar-refractivity contribution < 1.29 is 4.79 Å². The predicted octanol–water partition coefficient (Wildman–Crippen LogP) is 3.10. The zero-order valence-electron chi connectivity index (χ0n) is 14.0. The Balaban J connectivity index is 1.38. The van der Waals surface area contributed by atoms with Crippen LogP contribution < -0.4 is 5.32 Å². The Hall–Kier alpha value is -1.35. The van der Waals surface area contributed by atoms with E-state index >= 15 is 0 Å². The van der Waals surface area contributed by atoms with Crippen molar-refractivity contribution in [3.63, 3.8) is 0 Å². The van der Waals surface area contributed by atoms with Crippen LogP contribution in [-0.4, -0.2) is 37.0 Å². The lowest BCUT2D eigenvalue weighted by Crippen LogP contribution is -2.44. The van der Waals surface area contributed by atoms with Gasteiger partial charge >= 0.3 is 0 Å². The molecule has 3 aliphatic rings. The van der Waals surface area contributed by atoms with Crippen molar-refractivity contribution in [2.45, 2.75) is 50.9 Å². The Morgan fingerprint density at radius 2 is 2.04 bits per heavy atom. The molecule has 2 saturated heterocycles. The number of nitrogens with zero attached hydrogens (tertiary/aromatic N) is 1. The van der Waals surface area contributed by atoms with Gasteiger partial charge in [0.25, 0.3) is 0 Å². The van der Waals surface area contributed by atoms with E-state index in [9.17, 15) is 4.79 Å². The van der Waals surface area contributed by atoms with Gasteiger partial charge in [-0.25, -0.2) is 0 Å². The number of fused-ring (bicyclic) bond motifs is 1. The third-order valence-electron chi connectivity index (χ3n) is 6.42. The summed E-state index contributed by atoms with van der Waals surface area (Å²) in [4.78, 5) is 14.9. The van der Waals surface area contributed by atoms with Gasteiger partial charge in [-0.1, -0.05) is 24.3 Å². The van der Waals surface area contributed by atoms with E-state index in [1.807, 2.05) is 0 Å². The molecule has 1 N–H and O–H groups in total. The molecule has 0 saturated carbocycles. The maximum absolute atomic E-state index is 12.8. The molecular formula is C20H28N2O. The molecule has 2 fully saturated rings. The number of hydrogen-bond acceptors (Lipinski definition) is 2. The fourth-order valence-electron chi connectivity index (χ4n) is 4.86. The summed E-state index contributed by atoms with van der Waals surface area (Å²) >= 11 is 0. The number of hydrogen-bond donors (Lipinski definition) is 1. The number of benzene rings is 1. The molecule has 2 aliphatic heterocycles. The fraction of sp³-hybridized carbons (Fsp3) is 0.650. The average molecular weight is 312 g/mol. The summed E-state index contributed by atoms with van der Waals surface area (Å²) in [5.41, 5.74) is 3.39. The molecule has 23 heavy (non-hydrogen) atoms. The van der Waals surface area contributed by atoms with Crippen LogP contribution in [0.15, 0.2) is 24.3 Å². The third kappa shape index (κ3) is 3.03. The van der Waals surface area contributed by atoms with Crippen molar-refractivity contribution in [1.82, 2.24) is 10.2 Å². The summed E-state index contributed by atoms with van der Waals surface area (Å²) < 4.78 is 0. The molecule has 2 heterocycles.